The molecule has 5 aliphatic carbocycles. The van der Waals surface area contributed by atoms with Gasteiger partial charge in [-0.3, -0.25) is 4.79 Å². The first-order valence-corrected chi connectivity index (χ1v) is 9.14. The monoisotopic (exact) mass is 290 g/mol. The highest BCUT2D eigenvalue weighted by molar-refractivity contribution is 5.82. The summed E-state index contributed by atoms with van der Waals surface area (Å²) in [6.07, 6.45) is 10.5. The molecule has 118 valence electrons. The minimum absolute atomic E-state index is 0.156. The van der Waals surface area contributed by atoms with Gasteiger partial charge >= 0.3 is 0 Å². The third-order valence-electron chi connectivity index (χ3n) is 6.88. The van der Waals surface area contributed by atoms with Gasteiger partial charge in [0.25, 0.3) is 0 Å². The highest BCUT2D eigenvalue weighted by Gasteiger charge is 2.55. The lowest BCUT2D eigenvalue weighted by Crippen LogP contribution is -2.60. The fraction of sp³-hybridized carbons (Fsp3) is 0.944. The fourth-order valence-corrected chi connectivity index (χ4v) is 6.00. The van der Waals surface area contributed by atoms with E-state index in [1.54, 1.807) is 0 Å². The molecule has 21 heavy (non-hydrogen) atoms. The molecule has 4 bridgehead atoms. The number of amides is 1. The molecule has 1 atom stereocenters. The Kier molecular flexibility index (Phi) is 3.33. The van der Waals surface area contributed by atoms with Crippen molar-refractivity contribution >= 4 is 5.91 Å². The van der Waals surface area contributed by atoms with Crippen LogP contribution in [0, 0.1) is 29.1 Å². The van der Waals surface area contributed by atoms with Crippen LogP contribution in [0.15, 0.2) is 0 Å². The first kappa shape index (κ1) is 14.0. The van der Waals surface area contributed by atoms with E-state index in [0.29, 0.717) is 0 Å². The van der Waals surface area contributed by atoms with E-state index >= 15 is 0 Å². The van der Waals surface area contributed by atoms with Crippen LogP contribution in [-0.2, 0) is 4.79 Å². The molecular formula is C18H30N2O. The summed E-state index contributed by atoms with van der Waals surface area (Å²) in [5, 5.41) is 0. The molecule has 0 unspecified atom stereocenters. The molecule has 0 spiro atoms. The molecule has 2 N–H and O–H groups in total. The molecule has 5 aliphatic rings. The van der Waals surface area contributed by atoms with Crippen LogP contribution < -0.4 is 5.73 Å². The normalized spacial score (nSPS) is 42.1. The third-order valence-corrected chi connectivity index (χ3v) is 6.88. The second kappa shape index (κ2) is 4.97. The van der Waals surface area contributed by atoms with Crippen molar-refractivity contribution in [1.82, 2.24) is 4.90 Å². The molecule has 0 aromatic heterocycles. The van der Waals surface area contributed by atoms with Crippen molar-refractivity contribution in [3.05, 3.63) is 0 Å². The molecular weight excluding hydrogens is 260 g/mol. The van der Waals surface area contributed by atoms with Crippen molar-refractivity contribution in [2.45, 2.75) is 64.3 Å². The van der Waals surface area contributed by atoms with Crippen LogP contribution in [0.5, 0.6) is 0 Å². The van der Waals surface area contributed by atoms with Gasteiger partial charge in [-0.15, -0.1) is 0 Å². The smallest absolute Gasteiger partial charge is 0.240 e. The second-order valence-electron chi connectivity index (χ2n) is 8.58. The summed E-state index contributed by atoms with van der Waals surface area (Å²) in [6, 6.07) is -0.232. The standard InChI is InChI=1S/C18H30N2O/c1-2-20(11-12-3-4-12)17(21)16(19)18-8-13-5-14(9-18)7-15(6-13)10-18/h12-16H,2-11,19H2,1H3/t13?,14?,15?,16-,18?/m1/s1. The Bertz CT molecular complexity index is 394. The molecule has 0 aliphatic heterocycles. The molecule has 0 heterocycles. The van der Waals surface area contributed by atoms with Gasteiger partial charge in [-0.05, 0) is 87.4 Å². The minimum Gasteiger partial charge on any atom is -0.341 e. The molecule has 0 aromatic rings. The quantitative estimate of drug-likeness (QED) is 0.846. The number of likely N-dealkylation sites (N-methyl/N-ethyl adjacent to an activating group) is 1. The topological polar surface area (TPSA) is 46.3 Å². The minimum atomic E-state index is -0.232. The lowest BCUT2D eigenvalue weighted by Gasteiger charge is -2.58. The van der Waals surface area contributed by atoms with Gasteiger partial charge in [0.1, 0.15) is 0 Å². The van der Waals surface area contributed by atoms with Crippen molar-refractivity contribution in [2.24, 2.45) is 34.8 Å². The van der Waals surface area contributed by atoms with Gasteiger partial charge in [0.05, 0.1) is 6.04 Å². The van der Waals surface area contributed by atoms with E-state index in [9.17, 15) is 4.79 Å². The van der Waals surface area contributed by atoms with Crippen LogP contribution in [0.2, 0.25) is 0 Å². The van der Waals surface area contributed by atoms with E-state index in [1.165, 1.54) is 51.4 Å². The molecule has 5 rings (SSSR count). The number of carbonyl (C=O) groups excluding carboxylic acids is 1. The number of rotatable bonds is 5. The van der Waals surface area contributed by atoms with Crippen LogP contribution >= 0.6 is 0 Å². The molecule has 0 aromatic carbocycles. The molecule has 5 fully saturated rings. The molecule has 5 saturated carbocycles. The number of hydrogen-bond acceptors (Lipinski definition) is 2. The molecule has 3 nitrogen and oxygen atoms in total. The van der Waals surface area contributed by atoms with Gasteiger partial charge < -0.3 is 10.6 Å². The zero-order valence-electron chi connectivity index (χ0n) is 13.4. The van der Waals surface area contributed by atoms with Crippen molar-refractivity contribution in [1.29, 1.82) is 0 Å². The van der Waals surface area contributed by atoms with Crippen molar-refractivity contribution in [2.75, 3.05) is 13.1 Å². The average molecular weight is 290 g/mol. The van der Waals surface area contributed by atoms with E-state index in [2.05, 4.69) is 11.8 Å². The highest BCUT2D eigenvalue weighted by Crippen LogP contribution is 2.61. The Balaban J connectivity index is 1.50. The summed E-state index contributed by atoms with van der Waals surface area (Å²) in [7, 11) is 0. The van der Waals surface area contributed by atoms with Gasteiger partial charge in [0.15, 0.2) is 0 Å². The van der Waals surface area contributed by atoms with Crippen LogP contribution in [0.25, 0.3) is 0 Å². The zero-order chi connectivity index (χ0) is 14.6. The van der Waals surface area contributed by atoms with Crippen LogP contribution in [-0.4, -0.2) is 29.9 Å². The Morgan fingerprint density at radius 2 is 1.67 bits per heavy atom. The summed E-state index contributed by atoms with van der Waals surface area (Å²) >= 11 is 0. The predicted octanol–water partition coefficient (Wildman–Crippen LogP) is 2.79. The van der Waals surface area contributed by atoms with Gasteiger partial charge in [0.2, 0.25) is 5.91 Å². The van der Waals surface area contributed by atoms with Crippen molar-refractivity contribution in [3.8, 4) is 0 Å². The number of nitrogens with two attached hydrogens (primary N) is 1. The summed E-state index contributed by atoms with van der Waals surface area (Å²) in [5.41, 5.74) is 6.75. The zero-order valence-corrected chi connectivity index (χ0v) is 13.4. The SMILES string of the molecule is CCN(CC1CC1)C(=O)[C@@H](N)C12CC3CC(CC(C3)C1)C2. The average Bonchev–Trinajstić information content (AvgIpc) is 3.25. The van der Waals surface area contributed by atoms with Crippen molar-refractivity contribution < 1.29 is 4.79 Å². The third kappa shape index (κ3) is 2.42. The summed E-state index contributed by atoms with van der Waals surface area (Å²) in [4.78, 5) is 15.0. The van der Waals surface area contributed by atoms with Crippen LogP contribution in [0.4, 0.5) is 0 Å². The summed E-state index contributed by atoms with van der Waals surface area (Å²) in [6.45, 7) is 3.89. The van der Waals surface area contributed by atoms with E-state index in [1.807, 2.05) is 0 Å². The Hall–Kier alpha value is -0.570. The lowest BCUT2D eigenvalue weighted by molar-refractivity contribution is -0.143. The molecule has 3 heteroatoms. The van der Waals surface area contributed by atoms with E-state index in [4.69, 9.17) is 5.73 Å². The Labute approximate surface area is 128 Å². The lowest BCUT2D eigenvalue weighted by atomic mass is 9.47. The number of carbonyl (C=O) groups is 1. The van der Waals surface area contributed by atoms with E-state index in [-0.39, 0.29) is 17.4 Å². The van der Waals surface area contributed by atoms with E-state index in [0.717, 1.165) is 36.8 Å². The number of nitrogens with zero attached hydrogens (tertiary/aromatic N) is 1. The summed E-state index contributed by atoms with van der Waals surface area (Å²) in [5.74, 6) is 3.62. The Morgan fingerprint density at radius 1 is 1.14 bits per heavy atom. The van der Waals surface area contributed by atoms with E-state index < -0.39 is 0 Å². The maximum absolute atomic E-state index is 13.0. The van der Waals surface area contributed by atoms with Gasteiger partial charge in [0, 0.05) is 13.1 Å². The van der Waals surface area contributed by atoms with Gasteiger partial charge in [-0.1, -0.05) is 0 Å². The second-order valence-corrected chi connectivity index (χ2v) is 8.58. The number of hydrogen-bond donors (Lipinski definition) is 1. The van der Waals surface area contributed by atoms with Crippen LogP contribution in [0.1, 0.15) is 58.3 Å². The Morgan fingerprint density at radius 3 is 2.10 bits per heavy atom. The van der Waals surface area contributed by atoms with Gasteiger partial charge in [-0.2, -0.15) is 0 Å². The predicted molar refractivity (Wildman–Crippen MR) is 83.6 cm³/mol. The maximum atomic E-state index is 13.0. The fourth-order valence-electron chi connectivity index (χ4n) is 6.00. The first-order chi connectivity index (χ1) is 10.1. The molecule has 0 saturated heterocycles. The van der Waals surface area contributed by atoms with Crippen molar-refractivity contribution in [3.63, 3.8) is 0 Å². The maximum Gasteiger partial charge on any atom is 0.240 e. The molecule has 0 radical (unpaired) electrons. The first-order valence-electron chi connectivity index (χ1n) is 9.14. The summed E-state index contributed by atoms with van der Waals surface area (Å²) < 4.78 is 0. The highest BCUT2D eigenvalue weighted by atomic mass is 16.2. The van der Waals surface area contributed by atoms with Crippen LogP contribution in [0.3, 0.4) is 0 Å². The molecule has 1 amide bonds. The van der Waals surface area contributed by atoms with Gasteiger partial charge in [-0.25, -0.2) is 0 Å². The largest absolute Gasteiger partial charge is 0.341 e.